The van der Waals surface area contributed by atoms with E-state index in [-0.39, 0.29) is 0 Å². The molecule has 0 N–H and O–H groups in total. The fourth-order valence-corrected chi connectivity index (χ4v) is 5.55. The zero-order valence-corrected chi connectivity index (χ0v) is 18.5. The quantitative estimate of drug-likeness (QED) is 0.387. The maximum atomic E-state index is 5.78. The van der Waals surface area contributed by atoms with Crippen molar-refractivity contribution >= 4 is 0 Å². The Kier molecular flexibility index (Phi) is 9.15. The van der Waals surface area contributed by atoms with Crippen LogP contribution < -0.4 is 4.74 Å². The molecule has 1 heterocycles. The van der Waals surface area contributed by atoms with Crippen LogP contribution in [0.5, 0.6) is 5.75 Å². The molecular formula is C26H43NO. The molecule has 0 atom stereocenters. The molecule has 0 spiro atoms. The van der Waals surface area contributed by atoms with E-state index in [4.69, 9.17) is 4.74 Å². The first kappa shape index (κ1) is 21.7. The van der Waals surface area contributed by atoms with Crippen LogP contribution in [-0.4, -0.2) is 11.6 Å². The van der Waals surface area contributed by atoms with Gasteiger partial charge in [0.25, 0.3) is 0 Å². The first-order chi connectivity index (χ1) is 13.8. The standard InChI is InChI=1S/C26H43NO/c1-3-5-6-19-28-26-18-17-25(27-20-26)16-11-22-9-14-24(15-10-22)23-12-7-21(4-2)8-13-23/h17-18,20-24H,3-16,19H2,1-2H3. The molecule has 2 saturated carbocycles. The zero-order valence-electron chi connectivity index (χ0n) is 18.5. The molecule has 0 bridgehead atoms. The molecule has 2 aliphatic carbocycles. The van der Waals surface area contributed by atoms with Gasteiger partial charge in [0.2, 0.25) is 0 Å². The molecule has 1 aromatic heterocycles. The van der Waals surface area contributed by atoms with Crippen LogP contribution in [0.25, 0.3) is 0 Å². The van der Waals surface area contributed by atoms with Crippen molar-refractivity contribution in [3.8, 4) is 5.75 Å². The molecule has 2 aliphatic rings. The maximum absolute atomic E-state index is 5.78. The van der Waals surface area contributed by atoms with E-state index in [0.717, 1.165) is 48.9 Å². The topological polar surface area (TPSA) is 22.1 Å². The van der Waals surface area contributed by atoms with Crippen molar-refractivity contribution in [2.24, 2.45) is 23.7 Å². The minimum absolute atomic E-state index is 0.818. The van der Waals surface area contributed by atoms with Gasteiger partial charge in [0.1, 0.15) is 5.75 Å². The average molecular weight is 386 g/mol. The van der Waals surface area contributed by atoms with Gasteiger partial charge in [-0.15, -0.1) is 0 Å². The second-order valence-corrected chi connectivity index (χ2v) is 9.55. The van der Waals surface area contributed by atoms with E-state index in [9.17, 15) is 0 Å². The van der Waals surface area contributed by atoms with Crippen molar-refractivity contribution in [2.45, 2.75) is 104 Å². The second-order valence-electron chi connectivity index (χ2n) is 9.55. The van der Waals surface area contributed by atoms with E-state index in [0.29, 0.717) is 0 Å². The molecule has 28 heavy (non-hydrogen) atoms. The van der Waals surface area contributed by atoms with Crippen LogP contribution in [-0.2, 0) is 6.42 Å². The molecule has 2 nitrogen and oxygen atoms in total. The molecule has 0 amide bonds. The summed E-state index contributed by atoms with van der Waals surface area (Å²) in [4.78, 5) is 4.64. The predicted octanol–water partition coefficient (Wildman–Crippen LogP) is 7.61. The molecule has 0 unspecified atom stereocenters. The SMILES string of the molecule is CCCCCOc1ccc(CCC2CCC(C3CCC(CC)CC3)CC2)nc1. The minimum atomic E-state index is 0.818. The fraction of sp³-hybridized carbons (Fsp3) is 0.808. The van der Waals surface area contributed by atoms with Gasteiger partial charge in [-0.3, -0.25) is 4.98 Å². The van der Waals surface area contributed by atoms with Gasteiger partial charge in [0.15, 0.2) is 0 Å². The van der Waals surface area contributed by atoms with Crippen LogP contribution in [0.3, 0.4) is 0 Å². The summed E-state index contributed by atoms with van der Waals surface area (Å²) in [6.07, 6.45) is 21.3. The van der Waals surface area contributed by atoms with E-state index in [1.807, 2.05) is 6.20 Å². The van der Waals surface area contributed by atoms with E-state index in [1.165, 1.54) is 82.7 Å². The summed E-state index contributed by atoms with van der Waals surface area (Å²) in [5, 5.41) is 0. The zero-order chi connectivity index (χ0) is 19.6. The average Bonchev–Trinajstić information content (AvgIpc) is 2.76. The first-order valence-electron chi connectivity index (χ1n) is 12.4. The number of unbranched alkanes of at least 4 members (excludes halogenated alkanes) is 2. The van der Waals surface area contributed by atoms with Crippen LogP contribution >= 0.6 is 0 Å². The Balaban J connectivity index is 1.32. The second kappa shape index (κ2) is 11.8. The largest absolute Gasteiger partial charge is 0.492 e. The Morgan fingerprint density at radius 1 is 0.857 bits per heavy atom. The lowest BCUT2D eigenvalue weighted by Gasteiger charge is -2.37. The molecule has 0 aliphatic heterocycles. The third-order valence-electron chi connectivity index (χ3n) is 7.65. The van der Waals surface area contributed by atoms with Crippen LogP contribution in [0, 0.1) is 23.7 Å². The monoisotopic (exact) mass is 385 g/mol. The Hall–Kier alpha value is -1.05. The molecular weight excluding hydrogens is 342 g/mol. The molecule has 2 heteroatoms. The van der Waals surface area contributed by atoms with Gasteiger partial charge in [-0.2, -0.15) is 0 Å². The number of ether oxygens (including phenoxy) is 1. The summed E-state index contributed by atoms with van der Waals surface area (Å²) in [7, 11) is 0. The third-order valence-corrected chi connectivity index (χ3v) is 7.65. The number of aryl methyl sites for hydroxylation is 1. The van der Waals surface area contributed by atoms with Gasteiger partial charge in [-0.25, -0.2) is 0 Å². The highest BCUT2D eigenvalue weighted by Crippen LogP contribution is 2.42. The third kappa shape index (κ3) is 6.78. The van der Waals surface area contributed by atoms with Crippen LogP contribution in [0.15, 0.2) is 18.3 Å². The summed E-state index contributed by atoms with van der Waals surface area (Å²) >= 11 is 0. The van der Waals surface area contributed by atoms with Crippen molar-refractivity contribution in [3.63, 3.8) is 0 Å². The van der Waals surface area contributed by atoms with E-state index in [1.54, 1.807) is 0 Å². The van der Waals surface area contributed by atoms with Crippen LogP contribution in [0.1, 0.15) is 103 Å². The predicted molar refractivity (Wildman–Crippen MR) is 119 cm³/mol. The highest BCUT2D eigenvalue weighted by atomic mass is 16.5. The molecule has 0 radical (unpaired) electrons. The number of pyridine rings is 1. The number of aromatic nitrogens is 1. The number of hydrogen-bond acceptors (Lipinski definition) is 2. The number of nitrogens with zero attached hydrogens (tertiary/aromatic N) is 1. The van der Waals surface area contributed by atoms with Crippen molar-refractivity contribution in [2.75, 3.05) is 6.61 Å². The Morgan fingerprint density at radius 2 is 1.54 bits per heavy atom. The summed E-state index contributed by atoms with van der Waals surface area (Å²) in [6.45, 7) is 5.41. The highest BCUT2D eigenvalue weighted by molar-refractivity contribution is 5.19. The van der Waals surface area contributed by atoms with Gasteiger partial charge in [0.05, 0.1) is 12.8 Å². The van der Waals surface area contributed by atoms with Crippen LogP contribution in [0.2, 0.25) is 0 Å². The van der Waals surface area contributed by atoms with Crippen molar-refractivity contribution in [1.82, 2.24) is 4.98 Å². The number of hydrogen-bond donors (Lipinski definition) is 0. The smallest absolute Gasteiger partial charge is 0.137 e. The molecule has 3 rings (SSSR count). The molecule has 0 saturated heterocycles. The van der Waals surface area contributed by atoms with Crippen molar-refractivity contribution in [1.29, 1.82) is 0 Å². The van der Waals surface area contributed by atoms with E-state index >= 15 is 0 Å². The van der Waals surface area contributed by atoms with E-state index in [2.05, 4.69) is 31.0 Å². The van der Waals surface area contributed by atoms with Gasteiger partial charge < -0.3 is 4.74 Å². The highest BCUT2D eigenvalue weighted by Gasteiger charge is 2.30. The Morgan fingerprint density at radius 3 is 2.11 bits per heavy atom. The van der Waals surface area contributed by atoms with Gasteiger partial charge >= 0.3 is 0 Å². The molecule has 158 valence electrons. The summed E-state index contributed by atoms with van der Waals surface area (Å²) in [5.41, 5.74) is 1.24. The van der Waals surface area contributed by atoms with Crippen LogP contribution in [0.4, 0.5) is 0 Å². The van der Waals surface area contributed by atoms with E-state index < -0.39 is 0 Å². The van der Waals surface area contributed by atoms with Gasteiger partial charge in [-0.05, 0) is 80.8 Å². The molecule has 0 aromatic carbocycles. The van der Waals surface area contributed by atoms with Crippen molar-refractivity contribution < 1.29 is 4.74 Å². The van der Waals surface area contributed by atoms with Gasteiger partial charge in [0, 0.05) is 5.69 Å². The lowest BCUT2D eigenvalue weighted by atomic mass is 9.68. The molecule has 2 fully saturated rings. The fourth-order valence-electron chi connectivity index (χ4n) is 5.55. The normalized spacial score (nSPS) is 28.2. The summed E-state index contributed by atoms with van der Waals surface area (Å²) < 4.78 is 5.78. The lowest BCUT2D eigenvalue weighted by molar-refractivity contribution is 0.142. The lowest BCUT2D eigenvalue weighted by Crippen LogP contribution is -2.25. The maximum Gasteiger partial charge on any atom is 0.137 e. The summed E-state index contributed by atoms with van der Waals surface area (Å²) in [6, 6.07) is 4.28. The molecule has 1 aromatic rings. The number of rotatable bonds is 10. The summed E-state index contributed by atoms with van der Waals surface area (Å²) in [5.74, 6) is 4.98. The van der Waals surface area contributed by atoms with Crippen molar-refractivity contribution in [3.05, 3.63) is 24.0 Å². The Bertz CT molecular complexity index is 524. The minimum Gasteiger partial charge on any atom is -0.492 e. The van der Waals surface area contributed by atoms with Gasteiger partial charge in [-0.1, -0.05) is 58.8 Å². The Labute approximate surface area is 173 Å². The first-order valence-corrected chi connectivity index (χ1v) is 12.4.